The van der Waals surface area contributed by atoms with Gasteiger partial charge in [-0.15, -0.1) is 0 Å². The van der Waals surface area contributed by atoms with Gasteiger partial charge in [-0.3, -0.25) is 4.98 Å². The zero-order valence-electron chi connectivity index (χ0n) is 17.8. The summed E-state index contributed by atoms with van der Waals surface area (Å²) in [5.74, 6) is -1.03. The average molecular weight is 469 g/mol. The molecule has 2 aliphatic heterocycles. The zero-order valence-corrected chi connectivity index (χ0v) is 18.6. The van der Waals surface area contributed by atoms with E-state index in [4.69, 9.17) is 4.84 Å². The van der Waals surface area contributed by atoms with Crippen molar-refractivity contribution in [3.8, 4) is 11.1 Å². The highest BCUT2D eigenvalue weighted by Gasteiger charge is 2.47. The first kappa shape index (κ1) is 22.5. The summed E-state index contributed by atoms with van der Waals surface area (Å²) in [4.78, 5) is 11.5. The molecule has 3 heterocycles. The number of alkyl halides is 1. The van der Waals surface area contributed by atoms with Crippen molar-refractivity contribution in [2.75, 3.05) is 19.3 Å². The van der Waals surface area contributed by atoms with Crippen LogP contribution < -0.4 is 4.72 Å². The Balaban J connectivity index is 1.58. The normalized spacial score (nSPS) is 25.7. The molecule has 32 heavy (non-hydrogen) atoms. The van der Waals surface area contributed by atoms with Gasteiger partial charge in [0.15, 0.2) is 6.10 Å². The molecule has 0 spiro atoms. The van der Waals surface area contributed by atoms with Gasteiger partial charge in [0.05, 0.1) is 36.5 Å². The van der Waals surface area contributed by atoms with Crippen LogP contribution in [0.2, 0.25) is 0 Å². The van der Waals surface area contributed by atoms with Crippen molar-refractivity contribution in [1.29, 1.82) is 0 Å². The number of benzene rings is 1. The molecule has 11 heteroatoms. The van der Waals surface area contributed by atoms with E-state index in [1.165, 1.54) is 25.1 Å². The highest BCUT2D eigenvalue weighted by molar-refractivity contribution is 7.88. The maximum atomic E-state index is 15.0. The minimum absolute atomic E-state index is 0.0745. The molecule has 7 nitrogen and oxygen atoms in total. The van der Waals surface area contributed by atoms with Gasteiger partial charge in [0.1, 0.15) is 23.1 Å². The van der Waals surface area contributed by atoms with Crippen molar-refractivity contribution in [3.05, 3.63) is 53.4 Å². The molecule has 2 aliphatic rings. The van der Waals surface area contributed by atoms with E-state index in [1.54, 1.807) is 24.1 Å². The smallest absolute Gasteiger partial charge is 0.209 e. The summed E-state index contributed by atoms with van der Waals surface area (Å²) in [5, 5.41) is 4.05. The third-order valence-electron chi connectivity index (χ3n) is 5.60. The molecule has 0 aliphatic carbocycles. The number of halogens is 3. The number of nitrogens with zero attached hydrogens (tertiary/aromatic N) is 3. The Labute approximate surface area is 184 Å². The van der Waals surface area contributed by atoms with Gasteiger partial charge in [0.25, 0.3) is 0 Å². The fourth-order valence-electron chi connectivity index (χ4n) is 4.06. The van der Waals surface area contributed by atoms with E-state index in [-0.39, 0.29) is 30.6 Å². The second kappa shape index (κ2) is 8.04. The molecule has 0 radical (unpaired) electrons. The molecule has 1 fully saturated rings. The Morgan fingerprint density at radius 3 is 2.62 bits per heavy atom. The Bertz CT molecular complexity index is 1170. The standard InChI is InChI=1S/C21H23F3N4O3S/c1-12-7-13(19-14(22)5-4-6-15(19)23)20(25-9-12)16-8-18(26-31-16)28-10-17(21(2,24)11-28)27-32(3,29)30/h4-7,9,16-17,27H,8,10-11H2,1-3H3/t16-,17+,21-/m0/s1. The van der Waals surface area contributed by atoms with Gasteiger partial charge in [-0.25, -0.2) is 26.3 Å². The number of sulfonamides is 1. The van der Waals surface area contributed by atoms with Gasteiger partial charge in [0.2, 0.25) is 10.0 Å². The number of aryl methyl sites for hydroxylation is 1. The Kier molecular flexibility index (Phi) is 5.66. The van der Waals surface area contributed by atoms with E-state index >= 15 is 0 Å². The number of aromatic nitrogens is 1. The molecule has 0 bridgehead atoms. The van der Waals surface area contributed by atoms with Gasteiger partial charge in [-0.1, -0.05) is 11.2 Å². The lowest BCUT2D eigenvalue weighted by Gasteiger charge is -2.20. The molecule has 4 rings (SSSR count). The summed E-state index contributed by atoms with van der Waals surface area (Å²) in [6.07, 6.45) is 2.01. The number of likely N-dealkylation sites (tertiary alicyclic amines) is 1. The number of amidine groups is 1. The van der Waals surface area contributed by atoms with Crippen molar-refractivity contribution in [1.82, 2.24) is 14.6 Å². The topological polar surface area (TPSA) is 83.9 Å². The van der Waals surface area contributed by atoms with Crippen LogP contribution >= 0.6 is 0 Å². The van der Waals surface area contributed by atoms with Gasteiger partial charge < -0.3 is 9.74 Å². The van der Waals surface area contributed by atoms with Crippen LogP contribution in [0.25, 0.3) is 11.1 Å². The molecule has 2 aromatic rings. The Morgan fingerprint density at radius 2 is 1.97 bits per heavy atom. The van der Waals surface area contributed by atoms with Crippen LogP contribution in [0.1, 0.15) is 30.7 Å². The molecule has 0 saturated carbocycles. The van der Waals surface area contributed by atoms with E-state index in [1.807, 2.05) is 0 Å². The number of hydrogen-bond donors (Lipinski definition) is 1. The van der Waals surface area contributed by atoms with E-state index in [2.05, 4.69) is 14.9 Å². The summed E-state index contributed by atoms with van der Waals surface area (Å²) in [6, 6.07) is 4.31. The van der Waals surface area contributed by atoms with Gasteiger partial charge in [-0.2, -0.15) is 0 Å². The SMILES string of the molecule is Cc1cnc([C@@H]2CC(N3C[C@@H](NS(C)(=O)=O)[C@@](C)(F)C3)=NO2)c(-c2c(F)cccc2F)c1. The lowest BCUT2D eigenvalue weighted by Crippen LogP contribution is -2.47. The molecule has 172 valence electrons. The molecule has 3 atom stereocenters. The van der Waals surface area contributed by atoms with E-state index < -0.39 is 39.5 Å². The number of oxime groups is 1. The van der Waals surface area contributed by atoms with E-state index in [9.17, 15) is 21.6 Å². The van der Waals surface area contributed by atoms with Crippen LogP contribution in [0.3, 0.4) is 0 Å². The largest absolute Gasteiger partial charge is 0.384 e. The molecule has 0 amide bonds. The summed E-state index contributed by atoms with van der Waals surface area (Å²) >= 11 is 0. The predicted molar refractivity (Wildman–Crippen MR) is 113 cm³/mol. The molecule has 1 aromatic carbocycles. The van der Waals surface area contributed by atoms with Gasteiger partial charge in [0, 0.05) is 18.3 Å². The fourth-order valence-corrected chi connectivity index (χ4v) is 4.90. The van der Waals surface area contributed by atoms with Crippen LogP contribution in [0.15, 0.2) is 35.6 Å². The highest BCUT2D eigenvalue weighted by Crippen LogP contribution is 2.38. The number of pyridine rings is 1. The summed E-state index contributed by atoms with van der Waals surface area (Å²) in [7, 11) is -3.60. The average Bonchev–Trinajstić information content (AvgIpc) is 3.25. The molecule has 0 unspecified atom stereocenters. The summed E-state index contributed by atoms with van der Waals surface area (Å²) < 4.78 is 69.4. The second-order valence-corrected chi connectivity index (χ2v) is 10.2. The lowest BCUT2D eigenvalue weighted by atomic mass is 9.97. The number of rotatable bonds is 4. The van der Waals surface area contributed by atoms with E-state index in [0.29, 0.717) is 17.1 Å². The van der Waals surface area contributed by atoms with Gasteiger partial charge >= 0.3 is 0 Å². The minimum Gasteiger partial charge on any atom is -0.384 e. The highest BCUT2D eigenvalue weighted by atomic mass is 32.2. The van der Waals surface area contributed by atoms with Gasteiger partial charge in [-0.05, 0) is 37.6 Å². The van der Waals surface area contributed by atoms with Crippen molar-refractivity contribution in [2.45, 2.75) is 38.1 Å². The van der Waals surface area contributed by atoms with Crippen molar-refractivity contribution in [2.24, 2.45) is 5.16 Å². The van der Waals surface area contributed by atoms with Crippen molar-refractivity contribution in [3.63, 3.8) is 0 Å². The van der Waals surface area contributed by atoms with Crippen LogP contribution in [-0.2, 0) is 14.9 Å². The van der Waals surface area contributed by atoms with Crippen molar-refractivity contribution < 1.29 is 26.4 Å². The number of hydrogen-bond acceptors (Lipinski definition) is 6. The maximum Gasteiger partial charge on any atom is 0.209 e. The first-order valence-electron chi connectivity index (χ1n) is 9.99. The van der Waals surface area contributed by atoms with Crippen LogP contribution in [0.5, 0.6) is 0 Å². The summed E-state index contributed by atoms with van der Waals surface area (Å²) in [5.41, 5.74) is -0.729. The predicted octanol–water partition coefficient (Wildman–Crippen LogP) is 3.07. The minimum atomic E-state index is -3.60. The Morgan fingerprint density at radius 1 is 1.28 bits per heavy atom. The molecule has 1 saturated heterocycles. The first-order chi connectivity index (χ1) is 14.9. The monoisotopic (exact) mass is 468 g/mol. The second-order valence-electron chi connectivity index (χ2n) is 8.45. The lowest BCUT2D eigenvalue weighted by molar-refractivity contribution is 0.0828. The molecular formula is C21H23F3N4O3S. The van der Waals surface area contributed by atoms with Crippen molar-refractivity contribution >= 4 is 15.9 Å². The third kappa shape index (κ3) is 4.44. The fraction of sp³-hybridized carbons (Fsp3) is 0.429. The first-order valence-corrected chi connectivity index (χ1v) is 11.9. The van der Waals surface area contributed by atoms with E-state index in [0.717, 1.165) is 6.26 Å². The zero-order chi connectivity index (χ0) is 23.3. The summed E-state index contributed by atoms with van der Waals surface area (Å²) in [6.45, 7) is 3.08. The molecule has 1 N–H and O–H groups in total. The Hall–Kier alpha value is -2.66. The van der Waals surface area contributed by atoms with Crippen LogP contribution in [0.4, 0.5) is 13.2 Å². The third-order valence-corrected chi connectivity index (χ3v) is 6.31. The quantitative estimate of drug-likeness (QED) is 0.746. The maximum absolute atomic E-state index is 15.0. The van der Waals surface area contributed by atoms with Crippen LogP contribution in [0, 0.1) is 18.6 Å². The van der Waals surface area contributed by atoms with Crippen LogP contribution in [-0.4, -0.2) is 55.2 Å². The number of nitrogens with one attached hydrogen (secondary N) is 1. The molecule has 1 aromatic heterocycles. The molecular weight excluding hydrogens is 445 g/mol.